The van der Waals surface area contributed by atoms with Crippen molar-refractivity contribution in [3.05, 3.63) is 51.5 Å². The molecular formula is C21H22BrClFN5O3. The second-order valence-electron chi connectivity index (χ2n) is 7.32. The summed E-state index contributed by atoms with van der Waals surface area (Å²) in [4.78, 5) is 24.6. The Hall–Kier alpha value is -2.24. The predicted octanol–water partition coefficient (Wildman–Crippen LogP) is 3.87. The lowest BCUT2D eigenvalue weighted by Crippen LogP contribution is -2.39. The zero-order valence-electron chi connectivity index (χ0n) is 17.3. The van der Waals surface area contributed by atoms with Gasteiger partial charge in [-0.1, -0.05) is 27.5 Å². The van der Waals surface area contributed by atoms with Crippen molar-refractivity contribution in [2.45, 2.75) is 0 Å². The van der Waals surface area contributed by atoms with Gasteiger partial charge < -0.3 is 14.6 Å². The molecule has 2 aromatic carbocycles. The van der Waals surface area contributed by atoms with Crippen LogP contribution in [0, 0.1) is 5.82 Å². The Bertz CT molecular complexity index is 1140. The average Bonchev–Trinajstić information content (AvgIpc) is 3.16. The van der Waals surface area contributed by atoms with Gasteiger partial charge in [-0.05, 0) is 24.3 Å². The number of aryl methyl sites for hydroxylation is 1. The normalized spacial score (nSPS) is 14.6. The van der Waals surface area contributed by atoms with Crippen molar-refractivity contribution >= 4 is 55.8 Å². The standard InChI is InChI=1S/C21H22BrClFN5O3/c1-28-12-25-20-17(28)11-14(21(30)27-32-9-6-29-4-7-31-8-5-29)19(18(20)24)26-16-3-2-13(22)10-15(16)23/h2-3,10-12,26H,4-9H2,1H3,(H,27,30). The minimum atomic E-state index is -0.652. The van der Waals surface area contributed by atoms with Gasteiger partial charge in [0.1, 0.15) is 5.52 Å². The number of carbonyl (C=O) groups excluding carboxylic acids is 1. The number of benzene rings is 2. The van der Waals surface area contributed by atoms with Gasteiger partial charge in [-0.15, -0.1) is 0 Å². The van der Waals surface area contributed by atoms with Crippen molar-refractivity contribution in [3.63, 3.8) is 0 Å². The highest BCUT2D eigenvalue weighted by Gasteiger charge is 2.22. The van der Waals surface area contributed by atoms with Gasteiger partial charge in [-0.25, -0.2) is 14.9 Å². The van der Waals surface area contributed by atoms with Gasteiger partial charge in [0, 0.05) is 31.2 Å². The first kappa shape index (κ1) is 22.9. The van der Waals surface area contributed by atoms with E-state index < -0.39 is 11.7 Å². The molecule has 0 atom stereocenters. The molecule has 1 aromatic heterocycles. The third-order valence-electron chi connectivity index (χ3n) is 5.17. The maximum atomic E-state index is 15.4. The Labute approximate surface area is 197 Å². The van der Waals surface area contributed by atoms with Crippen LogP contribution in [0.3, 0.4) is 0 Å². The lowest BCUT2D eigenvalue weighted by atomic mass is 10.1. The summed E-state index contributed by atoms with van der Waals surface area (Å²) >= 11 is 9.63. The number of rotatable bonds is 7. The van der Waals surface area contributed by atoms with Crippen molar-refractivity contribution in [1.82, 2.24) is 19.9 Å². The van der Waals surface area contributed by atoms with Gasteiger partial charge in [-0.3, -0.25) is 14.5 Å². The lowest BCUT2D eigenvalue weighted by molar-refractivity contribution is -0.00174. The van der Waals surface area contributed by atoms with Crippen LogP contribution in [0.2, 0.25) is 5.02 Å². The number of aromatic nitrogens is 2. The minimum absolute atomic E-state index is 0.0327. The molecule has 2 heterocycles. The molecule has 8 nitrogen and oxygen atoms in total. The number of nitrogens with zero attached hydrogens (tertiary/aromatic N) is 3. The number of hydroxylamine groups is 1. The van der Waals surface area contributed by atoms with Gasteiger partial charge in [-0.2, -0.15) is 0 Å². The van der Waals surface area contributed by atoms with Gasteiger partial charge in [0.25, 0.3) is 5.91 Å². The highest BCUT2D eigenvalue weighted by molar-refractivity contribution is 9.10. The van der Waals surface area contributed by atoms with E-state index in [1.807, 2.05) is 0 Å². The molecule has 4 rings (SSSR count). The summed E-state index contributed by atoms with van der Waals surface area (Å²) in [7, 11) is 1.73. The number of ether oxygens (including phenoxy) is 1. The summed E-state index contributed by atoms with van der Waals surface area (Å²) < 4.78 is 23.1. The zero-order valence-corrected chi connectivity index (χ0v) is 19.7. The maximum absolute atomic E-state index is 15.4. The number of morpholine rings is 1. The van der Waals surface area contributed by atoms with Crippen molar-refractivity contribution < 1.29 is 18.8 Å². The predicted molar refractivity (Wildman–Crippen MR) is 124 cm³/mol. The number of nitrogens with one attached hydrogen (secondary N) is 2. The van der Waals surface area contributed by atoms with Crippen molar-refractivity contribution in [2.24, 2.45) is 7.05 Å². The van der Waals surface area contributed by atoms with E-state index >= 15 is 4.39 Å². The van der Waals surface area contributed by atoms with Crippen LogP contribution in [0.5, 0.6) is 0 Å². The quantitative estimate of drug-likeness (QED) is 0.359. The molecule has 0 unspecified atom stereocenters. The molecule has 11 heteroatoms. The fourth-order valence-corrected chi connectivity index (χ4v) is 4.14. The summed E-state index contributed by atoms with van der Waals surface area (Å²) in [5, 5.41) is 3.31. The molecule has 32 heavy (non-hydrogen) atoms. The fraction of sp³-hybridized carbons (Fsp3) is 0.333. The molecule has 0 aliphatic carbocycles. The molecule has 0 spiro atoms. The fourth-order valence-electron chi connectivity index (χ4n) is 3.42. The third-order valence-corrected chi connectivity index (χ3v) is 5.98. The number of hydrogen-bond acceptors (Lipinski definition) is 6. The average molecular weight is 527 g/mol. The molecule has 0 radical (unpaired) electrons. The topological polar surface area (TPSA) is 80.7 Å². The molecule has 1 saturated heterocycles. The van der Waals surface area contributed by atoms with Crippen molar-refractivity contribution in [2.75, 3.05) is 44.8 Å². The van der Waals surface area contributed by atoms with Crippen molar-refractivity contribution in [3.8, 4) is 0 Å². The van der Waals surface area contributed by atoms with Gasteiger partial charge in [0.15, 0.2) is 5.82 Å². The van der Waals surface area contributed by atoms with Crippen LogP contribution < -0.4 is 10.8 Å². The van der Waals surface area contributed by atoms with E-state index in [0.717, 1.165) is 17.6 Å². The third kappa shape index (κ3) is 5.05. The minimum Gasteiger partial charge on any atom is -0.379 e. The molecule has 3 aromatic rings. The number of halogens is 3. The van der Waals surface area contributed by atoms with E-state index in [9.17, 15) is 4.79 Å². The number of anilines is 2. The van der Waals surface area contributed by atoms with Gasteiger partial charge >= 0.3 is 0 Å². The highest BCUT2D eigenvalue weighted by atomic mass is 79.9. The van der Waals surface area contributed by atoms with E-state index in [0.29, 0.717) is 42.6 Å². The molecular weight excluding hydrogens is 505 g/mol. The van der Waals surface area contributed by atoms with E-state index in [4.69, 9.17) is 21.2 Å². The van der Waals surface area contributed by atoms with Crippen LogP contribution >= 0.6 is 27.5 Å². The van der Waals surface area contributed by atoms with Gasteiger partial charge in [0.05, 0.1) is 53.6 Å². The number of hydrogen-bond donors (Lipinski definition) is 2. The summed E-state index contributed by atoms with van der Waals surface area (Å²) in [5.41, 5.74) is 3.54. The number of fused-ring (bicyclic) bond motifs is 1. The van der Waals surface area contributed by atoms with E-state index in [-0.39, 0.29) is 16.8 Å². The number of carbonyl (C=O) groups is 1. The largest absolute Gasteiger partial charge is 0.379 e. The summed E-state index contributed by atoms with van der Waals surface area (Å²) in [6.45, 7) is 3.96. The lowest BCUT2D eigenvalue weighted by Gasteiger charge is -2.26. The Morgan fingerprint density at radius 3 is 2.88 bits per heavy atom. The smallest absolute Gasteiger partial charge is 0.277 e. The Morgan fingerprint density at radius 2 is 2.12 bits per heavy atom. The molecule has 170 valence electrons. The Balaban J connectivity index is 1.56. The van der Waals surface area contributed by atoms with E-state index in [1.165, 1.54) is 6.33 Å². The summed E-state index contributed by atoms with van der Waals surface area (Å²) in [6.07, 6.45) is 1.49. The number of amides is 1. The molecule has 1 aliphatic rings. The monoisotopic (exact) mass is 525 g/mol. The highest BCUT2D eigenvalue weighted by Crippen LogP contribution is 2.34. The molecule has 0 saturated carbocycles. The van der Waals surface area contributed by atoms with E-state index in [2.05, 4.69) is 36.6 Å². The zero-order chi connectivity index (χ0) is 22.7. The molecule has 2 N–H and O–H groups in total. The van der Waals surface area contributed by atoms with Crippen LogP contribution in [0.4, 0.5) is 15.8 Å². The molecule has 1 fully saturated rings. The second-order valence-corrected chi connectivity index (χ2v) is 8.64. The maximum Gasteiger partial charge on any atom is 0.277 e. The molecule has 1 amide bonds. The Morgan fingerprint density at radius 1 is 1.34 bits per heavy atom. The van der Waals surface area contributed by atoms with Crippen LogP contribution in [0.1, 0.15) is 10.4 Å². The number of imidazole rings is 1. The first-order valence-electron chi connectivity index (χ1n) is 10.0. The van der Waals surface area contributed by atoms with Crippen molar-refractivity contribution in [1.29, 1.82) is 0 Å². The summed E-state index contributed by atoms with van der Waals surface area (Å²) in [6, 6.07) is 6.70. The second kappa shape index (κ2) is 10.1. The summed E-state index contributed by atoms with van der Waals surface area (Å²) in [5.74, 6) is -1.23. The van der Waals surface area contributed by atoms with Crippen LogP contribution in [-0.2, 0) is 16.6 Å². The molecule has 1 aliphatic heterocycles. The van der Waals surface area contributed by atoms with Crippen LogP contribution in [0.25, 0.3) is 11.0 Å². The first-order valence-corrected chi connectivity index (χ1v) is 11.2. The van der Waals surface area contributed by atoms with Crippen LogP contribution in [-0.4, -0.2) is 59.8 Å². The van der Waals surface area contributed by atoms with Crippen LogP contribution in [0.15, 0.2) is 35.1 Å². The van der Waals surface area contributed by atoms with Gasteiger partial charge in [0.2, 0.25) is 0 Å². The SMILES string of the molecule is Cn1cnc2c(F)c(Nc3ccc(Br)cc3Cl)c(C(=O)NOCCN3CCOCC3)cc21. The first-order chi connectivity index (χ1) is 15.4. The van der Waals surface area contributed by atoms with E-state index in [1.54, 1.807) is 35.9 Å². The Kier molecular flexibility index (Phi) is 7.27. The molecule has 0 bridgehead atoms.